The number of fused-ring (bicyclic) bond motifs is 2. The number of anilines is 3. The van der Waals surface area contributed by atoms with Gasteiger partial charge in [-0.1, -0.05) is 36.4 Å². The summed E-state index contributed by atoms with van der Waals surface area (Å²) in [5.41, 5.74) is 5.45. The highest BCUT2D eigenvalue weighted by Gasteiger charge is 2.29. The van der Waals surface area contributed by atoms with Crippen molar-refractivity contribution in [2.75, 3.05) is 16.3 Å². The number of carbonyl (C=O) groups excluding carboxylic acids is 1. The third-order valence-corrected chi connectivity index (χ3v) is 5.58. The van der Waals surface area contributed by atoms with Gasteiger partial charge in [0.15, 0.2) is 0 Å². The lowest BCUT2D eigenvalue weighted by Gasteiger charge is -2.24. The number of amides is 1. The molecule has 0 saturated carbocycles. The molecular weight excluding hydrogens is 334 g/mol. The summed E-state index contributed by atoms with van der Waals surface area (Å²) < 4.78 is 0. The largest absolute Gasteiger partial charge is 0.323 e. The second kappa shape index (κ2) is 6.23. The molecule has 134 valence electrons. The minimum Gasteiger partial charge on any atom is -0.323 e. The molecule has 1 atom stereocenters. The molecule has 0 bridgehead atoms. The van der Waals surface area contributed by atoms with Crippen molar-refractivity contribution >= 4 is 23.1 Å². The average molecular weight is 355 g/mol. The molecule has 3 aromatic rings. The van der Waals surface area contributed by atoms with E-state index in [2.05, 4.69) is 47.1 Å². The van der Waals surface area contributed by atoms with Gasteiger partial charge in [-0.05, 0) is 55.2 Å². The molecule has 2 aromatic carbocycles. The first-order chi connectivity index (χ1) is 13.2. The summed E-state index contributed by atoms with van der Waals surface area (Å²) in [5, 5.41) is 0. The van der Waals surface area contributed by atoms with Crippen LogP contribution in [0.3, 0.4) is 0 Å². The number of para-hydroxylation sites is 2. The van der Waals surface area contributed by atoms with Crippen LogP contribution in [0.15, 0.2) is 66.9 Å². The average Bonchev–Trinajstić information content (AvgIpc) is 3.28. The van der Waals surface area contributed by atoms with Gasteiger partial charge in [0.2, 0.25) is 0 Å². The van der Waals surface area contributed by atoms with Gasteiger partial charge in [-0.2, -0.15) is 0 Å². The first-order valence-electron chi connectivity index (χ1n) is 9.45. The minimum atomic E-state index is 0.0221. The quantitative estimate of drug-likeness (QED) is 0.685. The maximum Gasteiger partial charge on any atom is 0.259 e. The number of aromatic nitrogens is 1. The topological polar surface area (TPSA) is 36.4 Å². The second-order valence-electron chi connectivity index (χ2n) is 7.29. The number of rotatable bonds is 2. The Hall–Kier alpha value is -3.14. The number of hydrogen-bond acceptors (Lipinski definition) is 3. The first kappa shape index (κ1) is 16.1. The summed E-state index contributed by atoms with van der Waals surface area (Å²) in [6.45, 7) is 2.94. The van der Waals surface area contributed by atoms with E-state index in [1.807, 2.05) is 35.2 Å². The minimum absolute atomic E-state index is 0.0221. The second-order valence-corrected chi connectivity index (χ2v) is 7.29. The third kappa shape index (κ3) is 2.60. The van der Waals surface area contributed by atoms with Gasteiger partial charge in [-0.25, -0.2) is 4.98 Å². The van der Waals surface area contributed by atoms with Gasteiger partial charge in [0, 0.05) is 30.2 Å². The zero-order chi connectivity index (χ0) is 18.4. The number of nitrogens with zero attached hydrogens (tertiary/aromatic N) is 3. The van der Waals surface area contributed by atoms with E-state index in [4.69, 9.17) is 0 Å². The van der Waals surface area contributed by atoms with Crippen molar-refractivity contribution in [1.82, 2.24) is 4.98 Å². The van der Waals surface area contributed by atoms with Gasteiger partial charge < -0.3 is 9.80 Å². The van der Waals surface area contributed by atoms with Crippen molar-refractivity contribution in [2.24, 2.45) is 0 Å². The molecule has 4 heteroatoms. The summed E-state index contributed by atoms with van der Waals surface area (Å²) in [6, 6.07) is 20.8. The lowest BCUT2D eigenvalue weighted by atomic mass is 10.1. The van der Waals surface area contributed by atoms with E-state index < -0.39 is 0 Å². The van der Waals surface area contributed by atoms with Gasteiger partial charge in [-0.15, -0.1) is 0 Å². The van der Waals surface area contributed by atoms with Gasteiger partial charge in [0.05, 0.1) is 5.56 Å². The fourth-order valence-corrected chi connectivity index (χ4v) is 4.27. The Labute approximate surface area is 159 Å². The Morgan fingerprint density at radius 2 is 1.70 bits per heavy atom. The van der Waals surface area contributed by atoms with Crippen LogP contribution in [-0.2, 0) is 12.8 Å². The third-order valence-electron chi connectivity index (χ3n) is 5.58. The molecule has 0 saturated heterocycles. The van der Waals surface area contributed by atoms with E-state index in [-0.39, 0.29) is 5.91 Å². The molecule has 0 N–H and O–H groups in total. The molecule has 0 radical (unpaired) electrons. The van der Waals surface area contributed by atoms with Crippen molar-refractivity contribution < 1.29 is 4.79 Å². The van der Waals surface area contributed by atoms with Crippen molar-refractivity contribution in [3.63, 3.8) is 0 Å². The lowest BCUT2D eigenvalue weighted by molar-refractivity contribution is 0.0989. The van der Waals surface area contributed by atoms with Crippen LogP contribution in [0, 0.1) is 0 Å². The van der Waals surface area contributed by atoms with Crippen LogP contribution >= 0.6 is 0 Å². The van der Waals surface area contributed by atoms with Crippen LogP contribution in [0.4, 0.5) is 17.2 Å². The van der Waals surface area contributed by atoms with E-state index in [0.29, 0.717) is 11.6 Å². The molecule has 3 heterocycles. The molecule has 1 amide bonds. The zero-order valence-electron chi connectivity index (χ0n) is 15.3. The maximum atomic E-state index is 13.0. The Balaban J connectivity index is 1.42. The normalized spacial score (nSPS) is 17.7. The number of hydrogen-bond donors (Lipinski definition) is 0. The molecule has 2 aliphatic rings. The molecular formula is C23H21N3O. The van der Waals surface area contributed by atoms with E-state index in [1.54, 1.807) is 6.20 Å². The van der Waals surface area contributed by atoms with Gasteiger partial charge in [0.1, 0.15) is 5.82 Å². The standard InChI is InChI=1S/C23H21N3O/c1-16-14-18-7-3-5-9-21(18)26(16)22-11-10-19(15-24-22)23(27)25-13-12-17-6-2-4-8-20(17)25/h2-11,15-16H,12-14H2,1H3. The van der Waals surface area contributed by atoms with E-state index >= 15 is 0 Å². The predicted octanol–water partition coefficient (Wildman–Crippen LogP) is 4.37. The number of carbonyl (C=O) groups is 1. The Bertz CT molecular complexity index is 1010. The molecule has 1 aromatic heterocycles. The molecule has 27 heavy (non-hydrogen) atoms. The Kier molecular flexibility index (Phi) is 3.71. The molecule has 2 aliphatic heterocycles. The fraction of sp³-hybridized carbons (Fsp3) is 0.217. The van der Waals surface area contributed by atoms with Gasteiger partial charge in [-0.3, -0.25) is 4.79 Å². The van der Waals surface area contributed by atoms with E-state index in [0.717, 1.165) is 30.9 Å². The molecule has 0 fully saturated rings. The molecule has 5 rings (SSSR count). The fourth-order valence-electron chi connectivity index (χ4n) is 4.27. The van der Waals surface area contributed by atoms with Crippen LogP contribution in [0.2, 0.25) is 0 Å². The van der Waals surface area contributed by atoms with Crippen molar-refractivity contribution in [3.8, 4) is 0 Å². The highest BCUT2D eigenvalue weighted by molar-refractivity contribution is 6.07. The Morgan fingerprint density at radius 3 is 2.48 bits per heavy atom. The summed E-state index contributed by atoms with van der Waals surface area (Å²) in [7, 11) is 0. The van der Waals surface area contributed by atoms with Crippen molar-refractivity contribution in [1.29, 1.82) is 0 Å². The van der Waals surface area contributed by atoms with Crippen LogP contribution in [0.25, 0.3) is 0 Å². The number of benzene rings is 2. The summed E-state index contributed by atoms with van der Waals surface area (Å²) in [6.07, 6.45) is 3.64. The van der Waals surface area contributed by atoms with Crippen LogP contribution in [0.5, 0.6) is 0 Å². The van der Waals surface area contributed by atoms with Crippen molar-refractivity contribution in [2.45, 2.75) is 25.8 Å². The summed E-state index contributed by atoms with van der Waals surface area (Å²) >= 11 is 0. The van der Waals surface area contributed by atoms with E-state index in [1.165, 1.54) is 16.8 Å². The van der Waals surface area contributed by atoms with E-state index in [9.17, 15) is 4.79 Å². The van der Waals surface area contributed by atoms with Crippen LogP contribution < -0.4 is 9.80 Å². The monoisotopic (exact) mass is 355 g/mol. The lowest BCUT2D eigenvalue weighted by Crippen LogP contribution is -2.29. The highest BCUT2D eigenvalue weighted by Crippen LogP contribution is 2.37. The SMILES string of the molecule is CC1Cc2ccccc2N1c1ccc(C(=O)N2CCc3ccccc32)cn1. The first-order valence-corrected chi connectivity index (χ1v) is 9.45. The molecule has 0 spiro atoms. The van der Waals surface area contributed by atoms with Crippen LogP contribution in [0.1, 0.15) is 28.4 Å². The smallest absolute Gasteiger partial charge is 0.259 e. The molecule has 0 aliphatic carbocycles. The number of pyridine rings is 1. The van der Waals surface area contributed by atoms with Gasteiger partial charge >= 0.3 is 0 Å². The van der Waals surface area contributed by atoms with Crippen LogP contribution in [-0.4, -0.2) is 23.5 Å². The zero-order valence-corrected chi connectivity index (χ0v) is 15.3. The predicted molar refractivity (Wildman–Crippen MR) is 108 cm³/mol. The Morgan fingerprint density at radius 1 is 0.963 bits per heavy atom. The maximum absolute atomic E-state index is 13.0. The molecule has 1 unspecified atom stereocenters. The summed E-state index contributed by atoms with van der Waals surface area (Å²) in [4.78, 5) is 21.7. The molecule has 4 nitrogen and oxygen atoms in total. The van der Waals surface area contributed by atoms with Crippen molar-refractivity contribution in [3.05, 3.63) is 83.6 Å². The summed E-state index contributed by atoms with van der Waals surface area (Å²) in [5.74, 6) is 0.916. The van der Waals surface area contributed by atoms with Gasteiger partial charge in [0.25, 0.3) is 5.91 Å². The highest BCUT2D eigenvalue weighted by atomic mass is 16.2.